The predicted octanol–water partition coefficient (Wildman–Crippen LogP) is 5.46. The summed E-state index contributed by atoms with van der Waals surface area (Å²) < 4.78 is 5.51. The van der Waals surface area contributed by atoms with E-state index in [0.717, 1.165) is 11.3 Å². The van der Waals surface area contributed by atoms with Crippen molar-refractivity contribution in [2.45, 2.75) is 0 Å². The number of nitro benzene ring substituents is 1. The lowest BCUT2D eigenvalue weighted by molar-refractivity contribution is -0.384. The van der Waals surface area contributed by atoms with Gasteiger partial charge in [-0.15, -0.1) is 11.3 Å². The summed E-state index contributed by atoms with van der Waals surface area (Å²) in [6.07, 6.45) is 0.617. The number of hydrogen-bond donors (Lipinski definition) is 0. The molecule has 0 N–H and O–H groups in total. The quantitative estimate of drug-likeness (QED) is 0.262. The van der Waals surface area contributed by atoms with E-state index in [9.17, 15) is 14.9 Å². The highest BCUT2D eigenvalue weighted by Gasteiger charge is 2.18. The molecular formula is C20H12N2O4S. The van der Waals surface area contributed by atoms with Crippen molar-refractivity contribution in [1.82, 2.24) is 4.98 Å². The number of aldehydes is 1. The van der Waals surface area contributed by atoms with Crippen LogP contribution in [0.5, 0.6) is 0 Å². The summed E-state index contributed by atoms with van der Waals surface area (Å²) in [5, 5.41) is 13.8. The van der Waals surface area contributed by atoms with Crippen molar-refractivity contribution in [2.75, 3.05) is 0 Å². The second kappa shape index (κ2) is 6.97. The molecule has 0 radical (unpaired) electrons. The molecule has 0 saturated carbocycles. The van der Waals surface area contributed by atoms with Gasteiger partial charge in [0.15, 0.2) is 12.0 Å². The second-order valence-electron chi connectivity index (χ2n) is 5.71. The summed E-state index contributed by atoms with van der Waals surface area (Å²) in [6.45, 7) is 0. The van der Waals surface area contributed by atoms with Gasteiger partial charge in [0.1, 0.15) is 10.8 Å². The number of carbonyl (C=O) groups excluding carboxylic acids is 1. The number of carbonyl (C=O) groups is 1. The predicted molar refractivity (Wildman–Crippen MR) is 103 cm³/mol. The molecule has 132 valence electrons. The van der Waals surface area contributed by atoms with E-state index in [1.807, 2.05) is 35.7 Å². The molecule has 2 aromatic heterocycles. The van der Waals surface area contributed by atoms with E-state index in [4.69, 9.17) is 4.42 Å². The Hall–Kier alpha value is -3.58. The maximum absolute atomic E-state index is 11.2. The molecule has 0 fully saturated rings. The number of non-ortho nitro benzene ring substituents is 1. The highest BCUT2D eigenvalue weighted by Crippen LogP contribution is 2.38. The normalized spacial score (nSPS) is 10.7. The molecule has 4 rings (SSSR count). The van der Waals surface area contributed by atoms with Crippen molar-refractivity contribution in [3.8, 4) is 33.2 Å². The van der Waals surface area contributed by atoms with Gasteiger partial charge in [0, 0.05) is 34.2 Å². The Balaban J connectivity index is 1.85. The average Bonchev–Trinajstić information content (AvgIpc) is 3.38. The summed E-state index contributed by atoms with van der Waals surface area (Å²) in [7, 11) is 0. The third-order valence-electron chi connectivity index (χ3n) is 4.03. The second-order valence-corrected chi connectivity index (χ2v) is 6.57. The highest BCUT2D eigenvalue weighted by atomic mass is 32.1. The van der Waals surface area contributed by atoms with Crippen LogP contribution in [0.25, 0.3) is 33.2 Å². The van der Waals surface area contributed by atoms with Crippen molar-refractivity contribution in [1.29, 1.82) is 0 Å². The summed E-state index contributed by atoms with van der Waals surface area (Å²) >= 11 is 1.39. The van der Waals surface area contributed by atoms with E-state index in [2.05, 4.69) is 4.98 Å². The van der Waals surface area contributed by atoms with Gasteiger partial charge in [0.25, 0.3) is 5.69 Å². The lowest BCUT2D eigenvalue weighted by Gasteiger charge is -2.05. The van der Waals surface area contributed by atoms with Crippen LogP contribution in [0.1, 0.15) is 10.6 Å². The van der Waals surface area contributed by atoms with Crippen LogP contribution in [0.15, 0.2) is 70.5 Å². The molecule has 0 spiro atoms. The lowest BCUT2D eigenvalue weighted by atomic mass is 10.0. The van der Waals surface area contributed by atoms with Gasteiger partial charge in [-0.2, -0.15) is 0 Å². The molecule has 6 nitrogen and oxygen atoms in total. The van der Waals surface area contributed by atoms with Gasteiger partial charge in [0.05, 0.1) is 10.6 Å². The van der Waals surface area contributed by atoms with Crippen LogP contribution in [0.2, 0.25) is 0 Å². The van der Waals surface area contributed by atoms with E-state index in [-0.39, 0.29) is 11.4 Å². The number of aromatic nitrogens is 1. The van der Waals surface area contributed by atoms with E-state index in [1.165, 1.54) is 23.5 Å². The zero-order chi connectivity index (χ0) is 18.8. The van der Waals surface area contributed by atoms with Gasteiger partial charge >= 0.3 is 0 Å². The average molecular weight is 376 g/mol. The SMILES string of the molecule is O=Cc1ccc(-c2ccc([N+](=O)[O-])cc2-c2nc(-c3ccccc3)cs2)o1. The molecule has 2 heterocycles. The maximum atomic E-state index is 11.2. The molecule has 27 heavy (non-hydrogen) atoms. The van der Waals surface area contributed by atoms with Gasteiger partial charge in [-0.25, -0.2) is 4.98 Å². The van der Waals surface area contributed by atoms with Gasteiger partial charge in [-0.05, 0) is 18.2 Å². The Morgan fingerprint density at radius 3 is 2.56 bits per heavy atom. The van der Waals surface area contributed by atoms with Gasteiger partial charge < -0.3 is 4.42 Å². The molecule has 2 aromatic carbocycles. The minimum absolute atomic E-state index is 0.0348. The van der Waals surface area contributed by atoms with Crippen LogP contribution in [-0.4, -0.2) is 16.2 Å². The standard InChI is InChI=1S/C20H12N2O4S/c23-11-15-7-9-19(26-15)16-8-6-14(22(24)25)10-17(16)20-21-18(12-27-20)13-4-2-1-3-5-13/h1-12H. The highest BCUT2D eigenvalue weighted by molar-refractivity contribution is 7.13. The van der Waals surface area contributed by atoms with Crippen molar-refractivity contribution < 1.29 is 14.1 Å². The number of nitro groups is 1. The number of hydrogen-bond acceptors (Lipinski definition) is 6. The van der Waals surface area contributed by atoms with Crippen LogP contribution in [0.3, 0.4) is 0 Å². The molecule has 0 atom stereocenters. The van der Waals surface area contributed by atoms with Crippen LogP contribution in [0.4, 0.5) is 5.69 Å². The number of furan rings is 1. The maximum Gasteiger partial charge on any atom is 0.270 e. The molecule has 0 aliphatic rings. The zero-order valence-corrected chi connectivity index (χ0v) is 14.7. The molecule has 0 aliphatic carbocycles. The van der Waals surface area contributed by atoms with Crippen LogP contribution < -0.4 is 0 Å². The number of rotatable bonds is 5. The minimum Gasteiger partial charge on any atom is -0.453 e. The fraction of sp³-hybridized carbons (Fsp3) is 0. The summed E-state index contributed by atoms with van der Waals surface area (Å²) in [4.78, 5) is 26.3. The molecule has 7 heteroatoms. The first kappa shape index (κ1) is 16.9. The molecule has 0 saturated heterocycles. The van der Waals surface area contributed by atoms with E-state index >= 15 is 0 Å². The number of benzene rings is 2. The van der Waals surface area contributed by atoms with E-state index in [0.29, 0.717) is 28.2 Å². The van der Waals surface area contributed by atoms with E-state index in [1.54, 1.807) is 18.2 Å². The molecule has 0 bridgehead atoms. The van der Waals surface area contributed by atoms with Crippen molar-refractivity contribution >= 4 is 23.3 Å². The van der Waals surface area contributed by atoms with Gasteiger partial charge in [-0.1, -0.05) is 30.3 Å². The Kier molecular flexibility index (Phi) is 4.35. The van der Waals surface area contributed by atoms with Crippen molar-refractivity contribution in [3.63, 3.8) is 0 Å². The Morgan fingerprint density at radius 2 is 1.85 bits per heavy atom. The fourth-order valence-electron chi connectivity index (χ4n) is 2.74. The Bertz CT molecular complexity index is 1130. The summed E-state index contributed by atoms with van der Waals surface area (Å²) in [5.41, 5.74) is 2.95. The Morgan fingerprint density at radius 1 is 1.04 bits per heavy atom. The molecule has 0 aliphatic heterocycles. The molecule has 0 amide bonds. The molecule has 0 unspecified atom stereocenters. The molecular weight excluding hydrogens is 364 g/mol. The first-order valence-corrected chi connectivity index (χ1v) is 8.89. The summed E-state index contributed by atoms with van der Waals surface area (Å²) in [6, 6.07) is 17.4. The third kappa shape index (κ3) is 3.28. The van der Waals surface area contributed by atoms with Crippen LogP contribution in [-0.2, 0) is 0 Å². The first-order valence-electron chi connectivity index (χ1n) is 8.01. The number of nitrogens with zero attached hydrogens (tertiary/aromatic N) is 2. The monoisotopic (exact) mass is 376 g/mol. The molecule has 4 aromatic rings. The van der Waals surface area contributed by atoms with Gasteiger partial charge in [-0.3, -0.25) is 14.9 Å². The smallest absolute Gasteiger partial charge is 0.270 e. The fourth-order valence-corrected chi connectivity index (χ4v) is 3.60. The van der Waals surface area contributed by atoms with Crippen molar-refractivity contribution in [2.24, 2.45) is 0 Å². The summed E-state index contributed by atoms with van der Waals surface area (Å²) in [5.74, 6) is 0.650. The Labute approximate surface area is 157 Å². The zero-order valence-electron chi connectivity index (χ0n) is 13.9. The largest absolute Gasteiger partial charge is 0.453 e. The third-order valence-corrected chi connectivity index (χ3v) is 4.90. The van der Waals surface area contributed by atoms with Crippen molar-refractivity contribution in [3.05, 3.63) is 81.9 Å². The van der Waals surface area contributed by atoms with E-state index < -0.39 is 4.92 Å². The van der Waals surface area contributed by atoms with Crippen LogP contribution >= 0.6 is 11.3 Å². The minimum atomic E-state index is -0.446. The van der Waals surface area contributed by atoms with Gasteiger partial charge in [0.2, 0.25) is 0 Å². The topological polar surface area (TPSA) is 86.2 Å². The number of thiazole rings is 1. The lowest BCUT2D eigenvalue weighted by Crippen LogP contribution is -1.91. The first-order chi connectivity index (χ1) is 13.2. The van der Waals surface area contributed by atoms with Crippen LogP contribution in [0, 0.1) is 10.1 Å².